The Kier molecular flexibility index (Phi) is 6.88. The molecule has 0 unspecified atom stereocenters. The molecular weight excluding hydrogens is 242 g/mol. The van der Waals surface area contributed by atoms with Gasteiger partial charge in [0.05, 0.1) is 11.6 Å². The van der Waals surface area contributed by atoms with E-state index < -0.39 is 0 Å². The van der Waals surface area contributed by atoms with E-state index in [1.54, 1.807) is 11.8 Å². The van der Waals surface area contributed by atoms with Gasteiger partial charge in [-0.15, -0.1) is 11.8 Å². The smallest absolute Gasteiger partial charge is 0.0545 e. The normalized spacial score (nSPS) is 10.7. The Morgan fingerprint density at radius 1 is 1.44 bits per heavy atom. The first-order valence-corrected chi connectivity index (χ1v) is 6.87. The Hall–Kier alpha value is -0.220. The number of halogens is 1. The van der Waals surface area contributed by atoms with Gasteiger partial charge >= 0.3 is 0 Å². The molecule has 0 amide bonds. The van der Waals surface area contributed by atoms with Crippen LogP contribution < -0.4 is 5.32 Å². The predicted molar refractivity (Wildman–Crippen MR) is 71.3 cm³/mol. The zero-order valence-electron chi connectivity index (χ0n) is 9.50. The van der Waals surface area contributed by atoms with Crippen molar-refractivity contribution >= 4 is 23.4 Å². The van der Waals surface area contributed by atoms with Crippen molar-refractivity contribution in [3.05, 3.63) is 28.8 Å². The van der Waals surface area contributed by atoms with Gasteiger partial charge in [-0.2, -0.15) is 0 Å². The van der Waals surface area contributed by atoms with Crippen LogP contribution in [0, 0.1) is 0 Å². The van der Waals surface area contributed by atoms with Crippen molar-refractivity contribution in [1.82, 2.24) is 5.32 Å². The minimum atomic E-state index is 0.178. The molecule has 0 atom stereocenters. The third kappa shape index (κ3) is 4.34. The number of thioether (sulfide) groups is 1. The fourth-order valence-electron chi connectivity index (χ4n) is 1.40. The Morgan fingerprint density at radius 3 is 2.94 bits per heavy atom. The van der Waals surface area contributed by atoms with Crippen LogP contribution in [0.15, 0.2) is 23.1 Å². The highest BCUT2D eigenvalue weighted by molar-refractivity contribution is 7.99. The minimum Gasteiger partial charge on any atom is -0.396 e. The van der Waals surface area contributed by atoms with Gasteiger partial charge in [0.1, 0.15) is 0 Å². The molecule has 0 aliphatic rings. The van der Waals surface area contributed by atoms with Crippen molar-refractivity contribution in [2.24, 2.45) is 0 Å². The first kappa shape index (κ1) is 13.8. The van der Waals surface area contributed by atoms with Crippen LogP contribution in [0.1, 0.15) is 18.9 Å². The highest BCUT2D eigenvalue weighted by Crippen LogP contribution is 2.30. The molecule has 4 heteroatoms. The molecule has 0 spiro atoms. The summed E-state index contributed by atoms with van der Waals surface area (Å²) in [6.07, 6.45) is 1.12. The van der Waals surface area contributed by atoms with Crippen LogP contribution >= 0.6 is 23.4 Å². The largest absolute Gasteiger partial charge is 0.396 e. The molecular formula is C12H18ClNOS. The molecule has 0 radical (unpaired) electrons. The molecule has 1 aromatic rings. The lowest BCUT2D eigenvalue weighted by Gasteiger charge is -2.11. The number of aliphatic hydroxyl groups excluding tert-OH is 1. The molecule has 0 heterocycles. The maximum absolute atomic E-state index is 8.84. The van der Waals surface area contributed by atoms with E-state index >= 15 is 0 Å². The van der Waals surface area contributed by atoms with Gasteiger partial charge in [0, 0.05) is 17.2 Å². The summed E-state index contributed by atoms with van der Waals surface area (Å²) in [5.74, 6) is 0.685. The highest BCUT2D eigenvalue weighted by Gasteiger charge is 2.06. The van der Waals surface area contributed by atoms with Gasteiger partial charge in [-0.3, -0.25) is 0 Å². The second-order valence-electron chi connectivity index (χ2n) is 3.48. The second-order valence-corrected chi connectivity index (χ2v) is 4.99. The van der Waals surface area contributed by atoms with Crippen molar-refractivity contribution < 1.29 is 5.11 Å². The van der Waals surface area contributed by atoms with Crippen molar-refractivity contribution in [3.8, 4) is 0 Å². The maximum atomic E-state index is 8.84. The summed E-state index contributed by atoms with van der Waals surface area (Å²) in [6.45, 7) is 4.17. The zero-order chi connectivity index (χ0) is 11.8. The molecule has 0 bridgehead atoms. The van der Waals surface area contributed by atoms with Gasteiger partial charge < -0.3 is 10.4 Å². The van der Waals surface area contributed by atoms with Crippen LogP contribution in [0.3, 0.4) is 0 Å². The SMILES string of the molecule is CCCNCc1cccc(Cl)c1SCCO. The molecule has 90 valence electrons. The summed E-state index contributed by atoms with van der Waals surface area (Å²) in [4.78, 5) is 1.09. The molecule has 0 aliphatic carbocycles. The van der Waals surface area contributed by atoms with Crippen molar-refractivity contribution in [2.75, 3.05) is 18.9 Å². The highest BCUT2D eigenvalue weighted by atomic mass is 35.5. The summed E-state index contributed by atoms with van der Waals surface area (Å²) in [6, 6.07) is 5.94. The number of hydrogen-bond acceptors (Lipinski definition) is 3. The topological polar surface area (TPSA) is 32.3 Å². The van der Waals surface area contributed by atoms with E-state index in [9.17, 15) is 0 Å². The van der Waals surface area contributed by atoms with E-state index in [-0.39, 0.29) is 6.61 Å². The van der Waals surface area contributed by atoms with E-state index in [0.717, 1.165) is 29.4 Å². The van der Waals surface area contributed by atoms with E-state index in [4.69, 9.17) is 16.7 Å². The Balaban J connectivity index is 2.68. The van der Waals surface area contributed by atoms with Crippen LogP contribution in [0.5, 0.6) is 0 Å². The molecule has 0 saturated heterocycles. The number of hydrogen-bond donors (Lipinski definition) is 2. The average molecular weight is 260 g/mol. The molecule has 0 fully saturated rings. The van der Waals surface area contributed by atoms with Crippen LogP contribution in [0.4, 0.5) is 0 Å². The second kappa shape index (κ2) is 7.96. The first-order valence-electron chi connectivity index (χ1n) is 5.51. The van der Waals surface area contributed by atoms with Crippen molar-refractivity contribution in [1.29, 1.82) is 0 Å². The quantitative estimate of drug-likeness (QED) is 0.583. The molecule has 2 N–H and O–H groups in total. The minimum absolute atomic E-state index is 0.178. The summed E-state index contributed by atoms with van der Waals surface area (Å²) < 4.78 is 0. The fourth-order valence-corrected chi connectivity index (χ4v) is 2.59. The summed E-state index contributed by atoms with van der Waals surface area (Å²) in [5, 5.41) is 13.0. The van der Waals surface area contributed by atoms with E-state index in [2.05, 4.69) is 18.3 Å². The fraction of sp³-hybridized carbons (Fsp3) is 0.500. The molecule has 0 saturated carbocycles. The van der Waals surface area contributed by atoms with E-state index in [1.807, 2.05) is 12.1 Å². The number of nitrogens with one attached hydrogen (secondary N) is 1. The maximum Gasteiger partial charge on any atom is 0.0545 e. The lowest BCUT2D eigenvalue weighted by molar-refractivity contribution is 0.322. The number of benzene rings is 1. The van der Waals surface area contributed by atoms with Gasteiger partial charge in [0.2, 0.25) is 0 Å². The third-order valence-electron chi connectivity index (χ3n) is 2.13. The molecule has 2 nitrogen and oxygen atoms in total. The molecule has 0 aromatic heterocycles. The zero-order valence-corrected chi connectivity index (χ0v) is 11.1. The molecule has 1 rings (SSSR count). The van der Waals surface area contributed by atoms with Crippen molar-refractivity contribution in [2.45, 2.75) is 24.8 Å². The molecule has 1 aromatic carbocycles. The standard InChI is InChI=1S/C12H18ClNOS/c1-2-6-14-9-10-4-3-5-11(13)12(10)16-8-7-15/h3-5,14-15H,2,6-9H2,1H3. The third-order valence-corrected chi connectivity index (χ3v) is 3.71. The average Bonchev–Trinajstić information content (AvgIpc) is 2.28. The van der Waals surface area contributed by atoms with Gasteiger partial charge in [-0.1, -0.05) is 30.7 Å². The van der Waals surface area contributed by atoms with Gasteiger partial charge in [0.25, 0.3) is 0 Å². The van der Waals surface area contributed by atoms with E-state index in [1.165, 1.54) is 5.56 Å². The van der Waals surface area contributed by atoms with Crippen LogP contribution in [-0.2, 0) is 6.54 Å². The van der Waals surface area contributed by atoms with Gasteiger partial charge in [-0.05, 0) is 24.6 Å². The van der Waals surface area contributed by atoms with Crippen LogP contribution in [0.25, 0.3) is 0 Å². The first-order chi connectivity index (χ1) is 7.79. The van der Waals surface area contributed by atoms with Crippen LogP contribution in [0.2, 0.25) is 5.02 Å². The Labute approximate surface area is 106 Å². The van der Waals surface area contributed by atoms with Crippen LogP contribution in [-0.4, -0.2) is 24.0 Å². The molecule has 16 heavy (non-hydrogen) atoms. The summed E-state index contributed by atoms with van der Waals surface area (Å²) >= 11 is 7.76. The molecule has 0 aliphatic heterocycles. The summed E-state index contributed by atoms with van der Waals surface area (Å²) in [7, 11) is 0. The van der Waals surface area contributed by atoms with E-state index in [0.29, 0.717) is 5.75 Å². The van der Waals surface area contributed by atoms with Gasteiger partial charge in [-0.25, -0.2) is 0 Å². The monoisotopic (exact) mass is 259 g/mol. The summed E-state index contributed by atoms with van der Waals surface area (Å²) in [5.41, 5.74) is 1.21. The number of aliphatic hydroxyl groups is 1. The lowest BCUT2D eigenvalue weighted by atomic mass is 10.2. The Bertz CT molecular complexity index is 320. The van der Waals surface area contributed by atoms with Gasteiger partial charge in [0.15, 0.2) is 0 Å². The number of rotatable bonds is 7. The Morgan fingerprint density at radius 2 is 2.25 bits per heavy atom. The van der Waals surface area contributed by atoms with Crippen molar-refractivity contribution in [3.63, 3.8) is 0 Å². The predicted octanol–water partition coefficient (Wildman–Crippen LogP) is 2.92. The lowest BCUT2D eigenvalue weighted by Crippen LogP contribution is -2.14.